The number of ketones is 1. The zero-order chi connectivity index (χ0) is 17.5. The van der Waals surface area contributed by atoms with Gasteiger partial charge in [-0.15, -0.1) is 0 Å². The standard InChI is InChI=1S/C18H15ClFNO3/c1-18(2)9-15(22)12-7-10(3-6-16(12)24-18)17(23)21-11-4-5-14(20)13(19)8-11/h3-8H,9H2,1-2H3,(H,21,23). The van der Waals surface area contributed by atoms with Crippen LogP contribution in [-0.4, -0.2) is 17.3 Å². The number of nitrogens with one attached hydrogen (secondary N) is 1. The molecule has 2 aromatic rings. The Morgan fingerprint density at radius 1 is 1.25 bits per heavy atom. The molecule has 0 atom stereocenters. The van der Waals surface area contributed by atoms with E-state index in [4.69, 9.17) is 16.3 Å². The fourth-order valence-electron chi connectivity index (χ4n) is 2.57. The highest BCUT2D eigenvalue weighted by molar-refractivity contribution is 6.31. The molecule has 0 radical (unpaired) electrons. The Balaban J connectivity index is 1.85. The number of amides is 1. The van der Waals surface area contributed by atoms with Crippen LogP contribution in [0.3, 0.4) is 0 Å². The van der Waals surface area contributed by atoms with Crippen molar-refractivity contribution in [2.75, 3.05) is 5.32 Å². The Kier molecular flexibility index (Phi) is 4.05. The summed E-state index contributed by atoms with van der Waals surface area (Å²) in [5.74, 6) is -0.578. The van der Waals surface area contributed by atoms with Gasteiger partial charge < -0.3 is 10.1 Å². The van der Waals surface area contributed by atoms with Crippen molar-refractivity contribution >= 4 is 29.0 Å². The van der Waals surface area contributed by atoms with Gasteiger partial charge in [-0.1, -0.05) is 11.6 Å². The lowest BCUT2D eigenvalue weighted by Gasteiger charge is -2.31. The second-order valence-corrected chi connectivity index (χ2v) is 6.66. The molecule has 0 fully saturated rings. The van der Waals surface area contributed by atoms with E-state index in [1.807, 2.05) is 13.8 Å². The van der Waals surface area contributed by atoms with Crippen molar-refractivity contribution < 1.29 is 18.7 Å². The molecule has 0 aliphatic carbocycles. The predicted octanol–water partition coefficient (Wildman–Crippen LogP) is 4.48. The molecule has 0 bridgehead atoms. The van der Waals surface area contributed by atoms with Crippen LogP contribution in [0.5, 0.6) is 5.75 Å². The van der Waals surface area contributed by atoms with E-state index >= 15 is 0 Å². The van der Waals surface area contributed by atoms with E-state index in [2.05, 4.69) is 5.32 Å². The molecule has 0 unspecified atom stereocenters. The number of fused-ring (bicyclic) bond motifs is 1. The topological polar surface area (TPSA) is 55.4 Å². The largest absolute Gasteiger partial charge is 0.487 e. The lowest BCUT2D eigenvalue weighted by atomic mass is 9.92. The number of carbonyl (C=O) groups is 2. The first-order chi connectivity index (χ1) is 11.2. The van der Waals surface area contributed by atoms with Gasteiger partial charge in [-0.05, 0) is 50.2 Å². The molecule has 1 heterocycles. The summed E-state index contributed by atoms with van der Waals surface area (Å²) in [6, 6.07) is 8.60. The third-order valence-corrected chi connectivity index (χ3v) is 3.98. The summed E-state index contributed by atoms with van der Waals surface area (Å²) in [5, 5.41) is 2.54. The Morgan fingerprint density at radius 2 is 2.00 bits per heavy atom. The molecular formula is C18H15ClFNO3. The van der Waals surface area contributed by atoms with Crippen LogP contribution in [0, 0.1) is 5.82 Å². The fourth-order valence-corrected chi connectivity index (χ4v) is 2.75. The molecule has 0 saturated carbocycles. The van der Waals surface area contributed by atoms with Gasteiger partial charge in [0.15, 0.2) is 5.78 Å². The fraction of sp³-hybridized carbons (Fsp3) is 0.222. The van der Waals surface area contributed by atoms with E-state index in [9.17, 15) is 14.0 Å². The first-order valence-electron chi connectivity index (χ1n) is 7.38. The summed E-state index contributed by atoms with van der Waals surface area (Å²) < 4.78 is 18.9. The van der Waals surface area contributed by atoms with Crippen molar-refractivity contribution in [3.63, 3.8) is 0 Å². The summed E-state index contributed by atoms with van der Waals surface area (Å²) in [7, 11) is 0. The van der Waals surface area contributed by atoms with Crippen LogP contribution >= 0.6 is 11.6 Å². The second kappa shape index (κ2) is 5.91. The summed E-state index contributed by atoms with van der Waals surface area (Å²) in [5.41, 5.74) is 0.511. The highest BCUT2D eigenvalue weighted by Gasteiger charge is 2.32. The van der Waals surface area contributed by atoms with Crippen molar-refractivity contribution in [1.29, 1.82) is 0 Å². The summed E-state index contributed by atoms with van der Waals surface area (Å²) >= 11 is 5.70. The average molecular weight is 348 g/mol. The van der Waals surface area contributed by atoms with Crippen molar-refractivity contribution in [3.8, 4) is 5.75 Å². The number of carbonyl (C=O) groups excluding carboxylic acids is 2. The van der Waals surface area contributed by atoms with Crippen molar-refractivity contribution in [2.45, 2.75) is 25.9 Å². The van der Waals surface area contributed by atoms with E-state index in [0.717, 1.165) is 0 Å². The molecule has 6 heteroatoms. The van der Waals surface area contributed by atoms with E-state index in [1.54, 1.807) is 12.1 Å². The van der Waals surface area contributed by atoms with Gasteiger partial charge in [-0.25, -0.2) is 4.39 Å². The quantitative estimate of drug-likeness (QED) is 0.871. The maximum Gasteiger partial charge on any atom is 0.255 e. The monoisotopic (exact) mass is 347 g/mol. The van der Waals surface area contributed by atoms with E-state index in [0.29, 0.717) is 22.6 Å². The minimum absolute atomic E-state index is 0.0688. The molecule has 0 aromatic heterocycles. The zero-order valence-corrected chi connectivity index (χ0v) is 13.9. The number of hydrogen-bond acceptors (Lipinski definition) is 3. The zero-order valence-electron chi connectivity index (χ0n) is 13.2. The van der Waals surface area contributed by atoms with Crippen molar-refractivity contribution in [2.24, 2.45) is 0 Å². The Hall–Kier alpha value is -2.40. The smallest absolute Gasteiger partial charge is 0.255 e. The molecule has 2 aromatic carbocycles. The van der Waals surface area contributed by atoms with Crippen LogP contribution in [-0.2, 0) is 0 Å². The summed E-state index contributed by atoms with van der Waals surface area (Å²) in [4.78, 5) is 24.6. The first kappa shape index (κ1) is 16.5. The van der Waals surface area contributed by atoms with Crippen LogP contribution in [0.4, 0.5) is 10.1 Å². The number of benzene rings is 2. The number of halogens is 2. The van der Waals surface area contributed by atoms with E-state index in [-0.39, 0.29) is 17.2 Å². The van der Waals surface area contributed by atoms with E-state index in [1.165, 1.54) is 24.3 Å². The highest BCUT2D eigenvalue weighted by Crippen LogP contribution is 2.33. The average Bonchev–Trinajstić information content (AvgIpc) is 2.49. The lowest BCUT2D eigenvalue weighted by molar-refractivity contribution is 0.0620. The number of ether oxygens (including phenoxy) is 1. The van der Waals surface area contributed by atoms with Crippen molar-refractivity contribution in [1.82, 2.24) is 0 Å². The molecule has 0 saturated heterocycles. The molecule has 1 aliphatic heterocycles. The molecule has 1 aliphatic rings. The summed E-state index contributed by atoms with van der Waals surface area (Å²) in [6.45, 7) is 3.68. The molecule has 24 heavy (non-hydrogen) atoms. The molecule has 1 amide bonds. The van der Waals surface area contributed by atoms with Crippen LogP contribution in [0.1, 0.15) is 41.0 Å². The van der Waals surface area contributed by atoms with Gasteiger partial charge in [0.1, 0.15) is 17.2 Å². The molecular weight excluding hydrogens is 333 g/mol. The highest BCUT2D eigenvalue weighted by atomic mass is 35.5. The number of anilines is 1. The maximum absolute atomic E-state index is 13.2. The third-order valence-electron chi connectivity index (χ3n) is 3.69. The predicted molar refractivity (Wildman–Crippen MR) is 89.5 cm³/mol. The van der Waals surface area contributed by atoms with Crippen LogP contribution in [0.15, 0.2) is 36.4 Å². The summed E-state index contributed by atoms with van der Waals surface area (Å²) in [6.07, 6.45) is 0.249. The molecule has 124 valence electrons. The van der Waals surface area contributed by atoms with E-state index < -0.39 is 17.3 Å². The van der Waals surface area contributed by atoms with Crippen LogP contribution < -0.4 is 10.1 Å². The number of rotatable bonds is 2. The van der Waals surface area contributed by atoms with Gasteiger partial charge in [-0.3, -0.25) is 9.59 Å². The maximum atomic E-state index is 13.2. The Labute approximate surface area is 143 Å². The SMILES string of the molecule is CC1(C)CC(=O)c2cc(C(=O)Nc3ccc(F)c(Cl)c3)ccc2O1. The Morgan fingerprint density at radius 3 is 2.71 bits per heavy atom. The molecule has 0 spiro atoms. The van der Waals surface area contributed by atoms with Crippen LogP contribution in [0.25, 0.3) is 0 Å². The van der Waals surface area contributed by atoms with Gasteiger partial charge >= 0.3 is 0 Å². The normalized spacial score (nSPS) is 15.4. The van der Waals surface area contributed by atoms with Gasteiger partial charge in [-0.2, -0.15) is 0 Å². The second-order valence-electron chi connectivity index (χ2n) is 6.26. The minimum atomic E-state index is -0.561. The Bertz CT molecular complexity index is 848. The number of hydrogen-bond donors (Lipinski definition) is 1. The lowest BCUT2D eigenvalue weighted by Crippen LogP contribution is -2.36. The molecule has 1 N–H and O–H groups in total. The molecule has 4 nitrogen and oxygen atoms in total. The van der Waals surface area contributed by atoms with Crippen molar-refractivity contribution in [3.05, 3.63) is 58.4 Å². The van der Waals surface area contributed by atoms with Gasteiger partial charge in [0.05, 0.1) is 17.0 Å². The van der Waals surface area contributed by atoms with Gasteiger partial charge in [0, 0.05) is 11.3 Å². The third kappa shape index (κ3) is 3.26. The van der Waals surface area contributed by atoms with Gasteiger partial charge in [0.2, 0.25) is 0 Å². The first-order valence-corrected chi connectivity index (χ1v) is 7.76. The van der Waals surface area contributed by atoms with Crippen LogP contribution in [0.2, 0.25) is 5.02 Å². The minimum Gasteiger partial charge on any atom is -0.487 e. The molecule has 3 rings (SSSR count). The number of Topliss-reactive ketones (excluding diaryl/α,β-unsaturated/α-hetero) is 1. The van der Waals surface area contributed by atoms with Gasteiger partial charge in [0.25, 0.3) is 5.91 Å².